The minimum Gasteiger partial charge on any atom is -0.382 e. The first-order chi connectivity index (χ1) is 9.46. The molecule has 1 rings (SSSR count). The van der Waals surface area contributed by atoms with Crippen LogP contribution in [0.2, 0.25) is 0 Å². The Kier molecular flexibility index (Phi) is 7.44. The molecule has 0 saturated carbocycles. The number of methoxy groups -OCH3 is 1. The molecule has 1 N–H and O–H groups in total. The van der Waals surface area contributed by atoms with Gasteiger partial charge in [0, 0.05) is 14.2 Å². The molecule has 2 atom stereocenters. The van der Waals surface area contributed by atoms with Gasteiger partial charge in [0.15, 0.2) is 0 Å². The van der Waals surface area contributed by atoms with E-state index >= 15 is 0 Å². The van der Waals surface area contributed by atoms with Gasteiger partial charge in [0.1, 0.15) is 14.0 Å². The molecule has 20 heavy (non-hydrogen) atoms. The highest BCUT2D eigenvalue weighted by atomic mass is 31.2. The Bertz CT molecular complexity index is 438. The first-order valence-corrected chi connectivity index (χ1v) is 7.44. The van der Waals surface area contributed by atoms with Crippen LogP contribution in [0, 0.1) is 0 Å². The fourth-order valence-corrected chi connectivity index (χ4v) is 2.03. The molecule has 6 nitrogen and oxygen atoms in total. The average Bonchev–Trinajstić information content (AvgIpc) is 2.41. The highest BCUT2D eigenvalue weighted by molar-refractivity contribution is 7.47. The van der Waals surface area contributed by atoms with Crippen molar-refractivity contribution in [2.75, 3.05) is 27.4 Å². The summed E-state index contributed by atoms with van der Waals surface area (Å²) in [7, 11) is 4.08. The van der Waals surface area contributed by atoms with Gasteiger partial charge in [-0.2, -0.15) is 0 Å². The lowest BCUT2D eigenvalue weighted by atomic mass is 9.95. The summed E-state index contributed by atoms with van der Waals surface area (Å²) in [5.41, 5.74) is 1.62. The third kappa shape index (κ3) is 6.66. The van der Waals surface area contributed by atoms with Crippen molar-refractivity contribution in [1.82, 2.24) is 0 Å². The zero-order valence-corrected chi connectivity index (χ0v) is 12.4. The van der Waals surface area contributed by atoms with Crippen LogP contribution in [-0.4, -0.2) is 46.3 Å². The lowest BCUT2D eigenvalue weighted by Gasteiger charge is -2.19. The first kappa shape index (κ1) is 17.4. The Hall–Kier alpha value is -0.685. The van der Waals surface area contributed by atoms with E-state index in [2.05, 4.69) is 4.52 Å². The highest BCUT2D eigenvalue weighted by Gasteiger charge is 2.25. The molecule has 0 heterocycles. The van der Waals surface area contributed by atoms with Crippen LogP contribution in [0.1, 0.15) is 5.56 Å². The molecule has 0 aromatic heterocycles. The van der Waals surface area contributed by atoms with E-state index in [9.17, 15) is 9.46 Å². The maximum absolute atomic E-state index is 11.3. The van der Waals surface area contributed by atoms with Gasteiger partial charge in [-0.05, 0) is 5.56 Å². The van der Waals surface area contributed by atoms with E-state index in [1.54, 1.807) is 12.1 Å². The molecular weight excluding hydrogens is 282 g/mol. The smallest absolute Gasteiger partial charge is 0.382 e. The molecule has 2 radical (unpaired) electrons. The second kappa shape index (κ2) is 8.57. The molecule has 1 aromatic rings. The SMILES string of the molecule is [B]c1ccc(COC[C@@H](COC)OP(=O)(O)OC)cc1. The Balaban J connectivity index is 2.42. The first-order valence-electron chi connectivity index (χ1n) is 5.95. The topological polar surface area (TPSA) is 74.2 Å². The molecule has 1 unspecified atom stereocenters. The maximum atomic E-state index is 11.3. The van der Waals surface area contributed by atoms with Crippen molar-refractivity contribution in [3.8, 4) is 0 Å². The third-order valence-electron chi connectivity index (χ3n) is 2.42. The highest BCUT2D eigenvalue weighted by Crippen LogP contribution is 2.43. The summed E-state index contributed by atoms with van der Waals surface area (Å²) in [6, 6.07) is 7.23. The zero-order valence-electron chi connectivity index (χ0n) is 11.5. The van der Waals surface area contributed by atoms with Crippen molar-refractivity contribution in [1.29, 1.82) is 0 Å². The fourth-order valence-electron chi connectivity index (χ4n) is 1.45. The summed E-state index contributed by atoms with van der Waals surface area (Å²) >= 11 is 0. The van der Waals surface area contributed by atoms with Crippen LogP contribution in [0.4, 0.5) is 0 Å². The van der Waals surface area contributed by atoms with Gasteiger partial charge in [0.25, 0.3) is 0 Å². The summed E-state index contributed by atoms with van der Waals surface area (Å²) in [5.74, 6) is 0. The number of hydrogen-bond acceptors (Lipinski definition) is 5. The molecule has 0 amide bonds. The van der Waals surface area contributed by atoms with E-state index in [0.29, 0.717) is 12.1 Å². The Morgan fingerprint density at radius 3 is 2.45 bits per heavy atom. The van der Waals surface area contributed by atoms with Crippen LogP contribution in [0.3, 0.4) is 0 Å². The van der Waals surface area contributed by atoms with Crippen LogP contribution in [0.5, 0.6) is 0 Å². The van der Waals surface area contributed by atoms with Crippen LogP contribution < -0.4 is 5.46 Å². The number of benzene rings is 1. The van der Waals surface area contributed by atoms with Crippen LogP contribution in [0.25, 0.3) is 0 Å². The summed E-state index contributed by atoms with van der Waals surface area (Å²) in [4.78, 5) is 9.25. The molecule has 8 heteroatoms. The Labute approximate surface area is 120 Å². The van der Waals surface area contributed by atoms with Crippen LogP contribution in [-0.2, 0) is 29.7 Å². The molecule has 0 aliphatic carbocycles. The number of phosphoric acid groups is 1. The molecule has 0 spiro atoms. The predicted molar refractivity (Wildman–Crippen MR) is 75.1 cm³/mol. The zero-order chi connectivity index (χ0) is 15.0. The summed E-state index contributed by atoms with van der Waals surface area (Å²) in [5, 5.41) is 0. The molecule has 0 aliphatic rings. The van der Waals surface area contributed by atoms with Crippen molar-refractivity contribution in [2.24, 2.45) is 0 Å². The van der Waals surface area contributed by atoms with Crippen LogP contribution in [0.15, 0.2) is 24.3 Å². The summed E-state index contributed by atoms with van der Waals surface area (Å²) in [6.07, 6.45) is -0.690. The summed E-state index contributed by atoms with van der Waals surface area (Å²) < 4.78 is 30.9. The van der Waals surface area contributed by atoms with E-state index in [-0.39, 0.29) is 13.2 Å². The van der Waals surface area contributed by atoms with Crippen LogP contribution >= 0.6 is 7.82 Å². The second-order valence-corrected chi connectivity index (χ2v) is 5.60. The second-order valence-electron chi connectivity index (χ2n) is 4.09. The van der Waals surface area contributed by atoms with Gasteiger partial charge in [0.05, 0.1) is 19.8 Å². The van der Waals surface area contributed by atoms with Gasteiger partial charge in [-0.3, -0.25) is 9.05 Å². The van der Waals surface area contributed by atoms with E-state index in [1.165, 1.54) is 7.11 Å². The van der Waals surface area contributed by atoms with E-state index in [0.717, 1.165) is 12.7 Å². The van der Waals surface area contributed by atoms with E-state index < -0.39 is 13.9 Å². The molecule has 0 aliphatic heterocycles. The van der Waals surface area contributed by atoms with Gasteiger partial charge in [0.2, 0.25) is 0 Å². The number of phosphoric ester groups is 1. The molecule has 110 valence electrons. The third-order valence-corrected chi connectivity index (χ3v) is 3.44. The van der Waals surface area contributed by atoms with E-state index in [4.69, 9.17) is 21.8 Å². The van der Waals surface area contributed by atoms with Gasteiger partial charge in [-0.25, -0.2) is 4.57 Å². The van der Waals surface area contributed by atoms with E-state index in [1.807, 2.05) is 12.1 Å². The maximum Gasteiger partial charge on any atom is 0.472 e. The molecule has 0 bridgehead atoms. The molecule has 0 fully saturated rings. The van der Waals surface area contributed by atoms with Gasteiger partial charge < -0.3 is 14.4 Å². The Morgan fingerprint density at radius 1 is 1.25 bits per heavy atom. The predicted octanol–water partition coefficient (Wildman–Crippen LogP) is 0.775. The standard InChI is InChI=1S/C12H18BO6P/c1-16-8-12(19-20(14,15)17-2)9-18-7-10-3-5-11(13)6-4-10/h3-6,12H,7-9H2,1-2H3,(H,14,15)/t12-/m1/s1. The number of hydrogen-bond donors (Lipinski definition) is 1. The van der Waals surface area contributed by atoms with Crippen molar-refractivity contribution in [3.05, 3.63) is 29.8 Å². The van der Waals surface area contributed by atoms with Crippen molar-refractivity contribution < 1.29 is 28.0 Å². The van der Waals surface area contributed by atoms with Gasteiger partial charge in [-0.15, -0.1) is 0 Å². The number of ether oxygens (including phenoxy) is 2. The minimum atomic E-state index is -4.05. The van der Waals surface area contributed by atoms with Crippen molar-refractivity contribution >= 4 is 21.1 Å². The molecular formula is C12H18BO6P. The monoisotopic (exact) mass is 300 g/mol. The molecule has 0 saturated heterocycles. The quantitative estimate of drug-likeness (QED) is 0.536. The number of rotatable bonds is 9. The van der Waals surface area contributed by atoms with Crippen molar-refractivity contribution in [2.45, 2.75) is 12.7 Å². The minimum absolute atomic E-state index is 0.103. The largest absolute Gasteiger partial charge is 0.472 e. The summed E-state index contributed by atoms with van der Waals surface area (Å²) in [6.45, 7) is 0.564. The Morgan fingerprint density at radius 2 is 1.90 bits per heavy atom. The molecule has 1 aromatic carbocycles. The fraction of sp³-hybridized carbons (Fsp3) is 0.500. The lowest BCUT2D eigenvalue weighted by Crippen LogP contribution is -2.24. The normalized spacial score (nSPS) is 15.8. The van der Waals surface area contributed by atoms with Gasteiger partial charge in [-0.1, -0.05) is 29.7 Å². The van der Waals surface area contributed by atoms with Gasteiger partial charge >= 0.3 is 7.82 Å². The van der Waals surface area contributed by atoms with Crippen molar-refractivity contribution in [3.63, 3.8) is 0 Å². The lowest BCUT2D eigenvalue weighted by molar-refractivity contribution is -0.0135. The average molecular weight is 300 g/mol.